The SMILES string of the molecule is CCC1CCC(c2cc(OC)ccc2F)CC1. The summed E-state index contributed by atoms with van der Waals surface area (Å²) < 4.78 is 19.0. The first-order valence-corrected chi connectivity index (χ1v) is 6.58. The first-order valence-electron chi connectivity index (χ1n) is 6.58. The van der Waals surface area contributed by atoms with Crippen LogP contribution >= 0.6 is 0 Å². The van der Waals surface area contributed by atoms with E-state index < -0.39 is 0 Å². The molecule has 0 bridgehead atoms. The van der Waals surface area contributed by atoms with E-state index in [-0.39, 0.29) is 5.82 Å². The third-order valence-corrected chi connectivity index (χ3v) is 4.07. The van der Waals surface area contributed by atoms with E-state index in [4.69, 9.17) is 4.74 Å². The minimum Gasteiger partial charge on any atom is -0.497 e. The molecule has 0 aliphatic heterocycles. The standard InChI is InChI=1S/C15H21FO/c1-3-11-4-6-12(7-5-11)14-10-13(17-2)8-9-15(14)16/h8-12H,3-7H2,1-2H3. The summed E-state index contributed by atoms with van der Waals surface area (Å²) in [6.45, 7) is 2.25. The summed E-state index contributed by atoms with van der Waals surface area (Å²) in [5, 5.41) is 0. The summed E-state index contributed by atoms with van der Waals surface area (Å²) >= 11 is 0. The van der Waals surface area contributed by atoms with E-state index in [1.165, 1.54) is 25.3 Å². The summed E-state index contributed by atoms with van der Waals surface area (Å²) in [5.41, 5.74) is 0.846. The average Bonchev–Trinajstić information content (AvgIpc) is 2.39. The highest BCUT2D eigenvalue weighted by Crippen LogP contribution is 2.38. The highest BCUT2D eigenvalue weighted by molar-refractivity contribution is 5.32. The van der Waals surface area contributed by atoms with Gasteiger partial charge in [-0.3, -0.25) is 0 Å². The van der Waals surface area contributed by atoms with Crippen molar-refractivity contribution in [3.63, 3.8) is 0 Å². The highest BCUT2D eigenvalue weighted by atomic mass is 19.1. The largest absolute Gasteiger partial charge is 0.497 e. The maximum absolute atomic E-state index is 13.8. The second-order valence-electron chi connectivity index (χ2n) is 5.01. The van der Waals surface area contributed by atoms with E-state index in [1.807, 2.05) is 6.07 Å². The zero-order valence-electron chi connectivity index (χ0n) is 10.7. The fourth-order valence-electron chi connectivity index (χ4n) is 2.84. The van der Waals surface area contributed by atoms with Crippen LogP contribution in [0.3, 0.4) is 0 Å². The molecule has 1 aromatic carbocycles. The predicted octanol–water partition coefficient (Wildman–Crippen LogP) is 4.52. The van der Waals surface area contributed by atoms with Crippen LogP contribution in [0.15, 0.2) is 18.2 Å². The number of ether oxygens (including phenoxy) is 1. The average molecular weight is 236 g/mol. The Balaban J connectivity index is 2.12. The van der Waals surface area contributed by atoms with Crippen molar-refractivity contribution in [2.24, 2.45) is 5.92 Å². The van der Waals surface area contributed by atoms with E-state index in [1.54, 1.807) is 13.2 Å². The molecule has 1 fully saturated rings. The predicted molar refractivity (Wildman–Crippen MR) is 67.9 cm³/mol. The first-order chi connectivity index (χ1) is 8.24. The minimum absolute atomic E-state index is 0.0780. The van der Waals surface area contributed by atoms with E-state index in [2.05, 4.69) is 6.92 Å². The molecule has 2 rings (SSSR count). The van der Waals surface area contributed by atoms with Crippen LogP contribution in [-0.2, 0) is 0 Å². The van der Waals surface area contributed by atoms with Crippen molar-refractivity contribution in [1.29, 1.82) is 0 Å². The van der Waals surface area contributed by atoms with Gasteiger partial charge in [0.1, 0.15) is 11.6 Å². The number of methoxy groups -OCH3 is 1. The minimum atomic E-state index is -0.0780. The fourth-order valence-corrected chi connectivity index (χ4v) is 2.84. The van der Waals surface area contributed by atoms with E-state index >= 15 is 0 Å². The molecule has 1 aromatic rings. The van der Waals surface area contributed by atoms with Crippen molar-refractivity contribution >= 4 is 0 Å². The lowest BCUT2D eigenvalue weighted by Crippen LogP contribution is -2.13. The lowest BCUT2D eigenvalue weighted by Gasteiger charge is -2.28. The third kappa shape index (κ3) is 2.80. The van der Waals surface area contributed by atoms with Crippen LogP contribution in [0.4, 0.5) is 4.39 Å². The van der Waals surface area contributed by atoms with Crippen molar-refractivity contribution < 1.29 is 9.13 Å². The molecular formula is C15H21FO. The van der Waals surface area contributed by atoms with E-state index in [0.717, 1.165) is 30.1 Å². The zero-order valence-corrected chi connectivity index (χ0v) is 10.7. The van der Waals surface area contributed by atoms with E-state index in [0.29, 0.717) is 5.92 Å². The molecule has 0 spiro atoms. The van der Waals surface area contributed by atoms with Gasteiger partial charge in [0.15, 0.2) is 0 Å². The molecule has 1 aliphatic rings. The van der Waals surface area contributed by atoms with Gasteiger partial charge in [-0.25, -0.2) is 4.39 Å². The summed E-state index contributed by atoms with van der Waals surface area (Å²) in [6, 6.07) is 5.09. The number of benzene rings is 1. The quantitative estimate of drug-likeness (QED) is 0.749. The van der Waals surface area contributed by atoms with Crippen LogP contribution in [-0.4, -0.2) is 7.11 Å². The Morgan fingerprint density at radius 3 is 2.53 bits per heavy atom. The molecule has 94 valence electrons. The van der Waals surface area contributed by atoms with Crippen LogP contribution in [0.1, 0.15) is 50.5 Å². The van der Waals surface area contributed by atoms with Gasteiger partial charge in [0.05, 0.1) is 7.11 Å². The molecule has 0 saturated heterocycles. The molecule has 0 atom stereocenters. The Morgan fingerprint density at radius 1 is 1.24 bits per heavy atom. The normalized spacial score (nSPS) is 24.6. The third-order valence-electron chi connectivity index (χ3n) is 4.07. The van der Waals surface area contributed by atoms with Crippen molar-refractivity contribution in [2.75, 3.05) is 7.11 Å². The van der Waals surface area contributed by atoms with Gasteiger partial charge in [-0.05, 0) is 61.3 Å². The maximum Gasteiger partial charge on any atom is 0.126 e. The summed E-state index contributed by atoms with van der Waals surface area (Å²) in [7, 11) is 1.63. The van der Waals surface area contributed by atoms with Crippen molar-refractivity contribution in [3.8, 4) is 5.75 Å². The Bertz CT molecular complexity index is 367. The van der Waals surface area contributed by atoms with Gasteiger partial charge >= 0.3 is 0 Å². The Kier molecular flexibility index (Phi) is 4.03. The van der Waals surface area contributed by atoms with Gasteiger partial charge in [0.25, 0.3) is 0 Å². The van der Waals surface area contributed by atoms with Gasteiger partial charge in [0, 0.05) is 0 Å². The Morgan fingerprint density at radius 2 is 1.94 bits per heavy atom. The molecule has 0 unspecified atom stereocenters. The van der Waals surface area contributed by atoms with Gasteiger partial charge in [0.2, 0.25) is 0 Å². The molecule has 1 aliphatic carbocycles. The summed E-state index contributed by atoms with van der Waals surface area (Å²) in [5.74, 6) is 1.91. The number of halogens is 1. The maximum atomic E-state index is 13.8. The number of hydrogen-bond acceptors (Lipinski definition) is 1. The lowest BCUT2D eigenvalue weighted by molar-refractivity contribution is 0.313. The lowest BCUT2D eigenvalue weighted by atomic mass is 9.77. The number of hydrogen-bond donors (Lipinski definition) is 0. The van der Waals surface area contributed by atoms with Gasteiger partial charge < -0.3 is 4.74 Å². The fraction of sp³-hybridized carbons (Fsp3) is 0.600. The highest BCUT2D eigenvalue weighted by Gasteiger charge is 2.23. The van der Waals surface area contributed by atoms with Gasteiger partial charge in [-0.2, -0.15) is 0 Å². The smallest absolute Gasteiger partial charge is 0.126 e. The monoisotopic (exact) mass is 236 g/mol. The van der Waals surface area contributed by atoms with Crippen LogP contribution < -0.4 is 4.74 Å². The molecular weight excluding hydrogens is 215 g/mol. The number of rotatable bonds is 3. The molecule has 0 N–H and O–H groups in total. The van der Waals surface area contributed by atoms with Crippen LogP contribution in [0, 0.1) is 11.7 Å². The van der Waals surface area contributed by atoms with Crippen LogP contribution in [0.5, 0.6) is 5.75 Å². The molecule has 2 heteroatoms. The molecule has 1 nitrogen and oxygen atoms in total. The second kappa shape index (κ2) is 5.52. The first kappa shape index (κ1) is 12.4. The van der Waals surface area contributed by atoms with Crippen molar-refractivity contribution in [3.05, 3.63) is 29.6 Å². The second-order valence-corrected chi connectivity index (χ2v) is 5.01. The topological polar surface area (TPSA) is 9.23 Å². The summed E-state index contributed by atoms with van der Waals surface area (Å²) in [4.78, 5) is 0. The zero-order chi connectivity index (χ0) is 12.3. The Labute approximate surface area is 103 Å². The molecule has 1 saturated carbocycles. The molecule has 0 radical (unpaired) electrons. The van der Waals surface area contributed by atoms with Gasteiger partial charge in [-0.15, -0.1) is 0 Å². The molecule has 17 heavy (non-hydrogen) atoms. The molecule has 0 aromatic heterocycles. The molecule has 0 heterocycles. The van der Waals surface area contributed by atoms with Crippen molar-refractivity contribution in [2.45, 2.75) is 44.9 Å². The summed E-state index contributed by atoms with van der Waals surface area (Å²) in [6.07, 6.45) is 5.95. The van der Waals surface area contributed by atoms with Crippen LogP contribution in [0.25, 0.3) is 0 Å². The Hall–Kier alpha value is -1.05. The van der Waals surface area contributed by atoms with E-state index in [9.17, 15) is 4.39 Å². The molecule has 0 amide bonds. The van der Waals surface area contributed by atoms with Gasteiger partial charge in [-0.1, -0.05) is 13.3 Å². The van der Waals surface area contributed by atoms with Crippen molar-refractivity contribution in [1.82, 2.24) is 0 Å². The van der Waals surface area contributed by atoms with Crippen LogP contribution in [0.2, 0.25) is 0 Å².